The highest BCUT2D eigenvalue weighted by atomic mass is 16.3. The van der Waals surface area contributed by atoms with Crippen molar-refractivity contribution >= 4 is 10.9 Å². The van der Waals surface area contributed by atoms with Crippen LogP contribution in [0.2, 0.25) is 0 Å². The number of hydrogen-bond donors (Lipinski definition) is 2. The molecule has 0 spiro atoms. The van der Waals surface area contributed by atoms with Crippen molar-refractivity contribution in [2.24, 2.45) is 5.92 Å². The molecule has 20 heavy (non-hydrogen) atoms. The number of rotatable bonds is 7. The van der Waals surface area contributed by atoms with Gasteiger partial charge in [0, 0.05) is 11.9 Å². The number of allylic oxidation sites excluding steroid dienone is 1. The molecule has 0 saturated heterocycles. The summed E-state index contributed by atoms with van der Waals surface area (Å²) in [6, 6.07) is 9.46. The topological polar surface area (TPSA) is 45.1 Å². The van der Waals surface area contributed by atoms with E-state index in [1.54, 1.807) is 6.07 Å². The number of nitrogens with one attached hydrogen (secondary N) is 1. The number of fused-ring (bicyclic) bond motifs is 1. The number of hydrogen-bond acceptors (Lipinski definition) is 3. The Morgan fingerprint density at radius 3 is 3.00 bits per heavy atom. The SMILES string of the molecule is C=CCC(C)CCNCc1ccc2cccc(O)c2n1. The van der Waals surface area contributed by atoms with Gasteiger partial charge in [0.1, 0.15) is 11.3 Å². The molecule has 0 saturated carbocycles. The number of benzene rings is 1. The fourth-order valence-corrected chi connectivity index (χ4v) is 2.24. The molecule has 1 aromatic heterocycles. The lowest BCUT2D eigenvalue weighted by Gasteiger charge is -2.10. The maximum Gasteiger partial charge on any atom is 0.141 e. The molecule has 0 bridgehead atoms. The molecule has 0 aliphatic carbocycles. The molecule has 2 N–H and O–H groups in total. The van der Waals surface area contributed by atoms with Crippen molar-refractivity contribution in [3.63, 3.8) is 0 Å². The molecule has 0 aliphatic rings. The van der Waals surface area contributed by atoms with Gasteiger partial charge in [-0.1, -0.05) is 31.2 Å². The average Bonchev–Trinajstić information content (AvgIpc) is 2.45. The lowest BCUT2D eigenvalue weighted by molar-refractivity contribution is 0.480. The first kappa shape index (κ1) is 14.5. The highest BCUT2D eigenvalue weighted by molar-refractivity contribution is 5.84. The van der Waals surface area contributed by atoms with Gasteiger partial charge in [0.15, 0.2) is 0 Å². The molecule has 3 heteroatoms. The third kappa shape index (κ3) is 3.81. The number of aromatic nitrogens is 1. The molecule has 2 aromatic rings. The number of phenolic OH excluding ortho intramolecular Hbond substituents is 1. The zero-order chi connectivity index (χ0) is 14.4. The number of aromatic hydroxyl groups is 1. The molecule has 1 heterocycles. The first-order valence-corrected chi connectivity index (χ1v) is 7.10. The molecule has 0 amide bonds. The van der Waals surface area contributed by atoms with Crippen LogP contribution in [0.3, 0.4) is 0 Å². The largest absolute Gasteiger partial charge is 0.506 e. The van der Waals surface area contributed by atoms with Crippen molar-refractivity contribution in [3.8, 4) is 5.75 Å². The Morgan fingerprint density at radius 1 is 1.35 bits per heavy atom. The minimum absolute atomic E-state index is 0.240. The predicted molar refractivity (Wildman–Crippen MR) is 83.7 cm³/mol. The molecule has 1 unspecified atom stereocenters. The van der Waals surface area contributed by atoms with Gasteiger partial charge >= 0.3 is 0 Å². The molecular weight excluding hydrogens is 248 g/mol. The maximum absolute atomic E-state index is 9.81. The maximum atomic E-state index is 9.81. The summed E-state index contributed by atoms with van der Waals surface area (Å²) in [5.41, 5.74) is 1.63. The third-order valence-electron chi connectivity index (χ3n) is 3.45. The molecule has 0 radical (unpaired) electrons. The van der Waals surface area contributed by atoms with Crippen LogP contribution in [0.25, 0.3) is 10.9 Å². The highest BCUT2D eigenvalue weighted by Gasteiger charge is 2.03. The summed E-state index contributed by atoms with van der Waals surface area (Å²) in [6.07, 6.45) is 4.16. The van der Waals surface area contributed by atoms with E-state index in [0.717, 1.165) is 37.0 Å². The summed E-state index contributed by atoms with van der Waals surface area (Å²) in [7, 11) is 0. The molecule has 0 fully saturated rings. The van der Waals surface area contributed by atoms with Crippen molar-refractivity contribution in [3.05, 3.63) is 48.7 Å². The Balaban J connectivity index is 1.90. The monoisotopic (exact) mass is 270 g/mol. The van der Waals surface area contributed by atoms with E-state index < -0.39 is 0 Å². The van der Waals surface area contributed by atoms with E-state index in [1.807, 2.05) is 30.3 Å². The highest BCUT2D eigenvalue weighted by Crippen LogP contribution is 2.22. The van der Waals surface area contributed by atoms with Crippen LogP contribution in [-0.2, 0) is 6.54 Å². The second-order valence-electron chi connectivity index (χ2n) is 5.25. The van der Waals surface area contributed by atoms with Crippen LogP contribution in [0.1, 0.15) is 25.5 Å². The summed E-state index contributed by atoms with van der Waals surface area (Å²) in [5.74, 6) is 0.901. The fourth-order valence-electron chi connectivity index (χ4n) is 2.24. The first-order valence-electron chi connectivity index (χ1n) is 7.10. The van der Waals surface area contributed by atoms with Crippen LogP contribution >= 0.6 is 0 Å². The zero-order valence-electron chi connectivity index (χ0n) is 12.0. The van der Waals surface area contributed by atoms with Crippen LogP contribution in [-0.4, -0.2) is 16.6 Å². The second kappa shape index (κ2) is 7.06. The number of pyridine rings is 1. The minimum atomic E-state index is 0.240. The Hall–Kier alpha value is -1.87. The van der Waals surface area contributed by atoms with E-state index >= 15 is 0 Å². The van der Waals surface area contributed by atoms with Gasteiger partial charge in [0.25, 0.3) is 0 Å². The van der Waals surface area contributed by atoms with Crippen molar-refractivity contribution in [2.75, 3.05) is 6.54 Å². The van der Waals surface area contributed by atoms with Gasteiger partial charge in [-0.25, -0.2) is 4.98 Å². The summed E-state index contributed by atoms with van der Waals surface area (Å²) in [4.78, 5) is 4.50. The van der Waals surface area contributed by atoms with Crippen molar-refractivity contribution in [1.82, 2.24) is 10.3 Å². The van der Waals surface area contributed by atoms with E-state index in [1.165, 1.54) is 0 Å². The molecule has 1 atom stereocenters. The van der Waals surface area contributed by atoms with Crippen LogP contribution in [0.5, 0.6) is 5.75 Å². The number of phenols is 1. The first-order chi connectivity index (χ1) is 9.70. The standard InChI is InChI=1S/C17H22N2O/c1-3-5-13(2)10-11-18-12-15-9-8-14-6-4-7-16(20)17(14)19-15/h3-4,6-9,13,18,20H,1,5,10-12H2,2H3. The summed E-state index contributed by atoms with van der Waals surface area (Å²) < 4.78 is 0. The van der Waals surface area contributed by atoms with Gasteiger partial charge in [0.2, 0.25) is 0 Å². The zero-order valence-corrected chi connectivity index (χ0v) is 12.0. The van der Waals surface area contributed by atoms with E-state index in [-0.39, 0.29) is 5.75 Å². The van der Waals surface area contributed by atoms with Crippen molar-refractivity contribution < 1.29 is 5.11 Å². The lowest BCUT2D eigenvalue weighted by atomic mass is 10.0. The van der Waals surface area contributed by atoms with Crippen LogP contribution in [0.15, 0.2) is 43.0 Å². The van der Waals surface area contributed by atoms with Gasteiger partial charge in [-0.2, -0.15) is 0 Å². The summed E-state index contributed by atoms with van der Waals surface area (Å²) in [6.45, 7) is 7.69. The van der Waals surface area contributed by atoms with Crippen molar-refractivity contribution in [2.45, 2.75) is 26.3 Å². The molecule has 106 valence electrons. The van der Waals surface area contributed by atoms with Gasteiger partial charge < -0.3 is 10.4 Å². The van der Waals surface area contributed by atoms with Gasteiger partial charge in [-0.05, 0) is 37.4 Å². The fraction of sp³-hybridized carbons (Fsp3) is 0.353. The molecule has 0 aliphatic heterocycles. The number of para-hydroxylation sites is 1. The molecular formula is C17H22N2O. The Morgan fingerprint density at radius 2 is 2.20 bits per heavy atom. The number of nitrogens with zero attached hydrogens (tertiary/aromatic N) is 1. The summed E-state index contributed by atoms with van der Waals surface area (Å²) >= 11 is 0. The Kier molecular flexibility index (Phi) is 5.13. The lowest BCUT2D eigenvalue weighted by Crippen LogP contribution is -2.17. The van der Waals surface area contributed by atoms with E-state index in [0.29, 0.717) is 11.4 Å². The Bertz CT molecular complexity index is 580. The van der Waals surface area contributed by atoms with Gasteiger partial charge in [-0.3, -0.25) is 0 Å². The Labute approximate surface area is 120 Å². The average molecular weight is 270 g/mol. The van der Waals surface area contributed by atoms with Crippen molar-refractivity contribution in [1.29, 1.82) is 0 Å². The predicted octanol–water partition coefficient (Wildman–Crippen LogP) is 3.63. The molecule has 2 rings (SSSR count). The van der Waals surface area contributed by atoms with E-state index in [4.69, 9.17) is 0 Å². The van der Waals surface area contributed by atoms with Crippen LogP contribution in [0, 0.1) is 5.92 Å². The van der Waals surface area contributed by atoms with E-state index in [2.05, 4.69) is 23.8 Å². The molecule has 1 aromatic carbocycles. The van der Waals surface area contributed by atoms with Gasteiger partial charge in [0.05, 0.1) is 5.69 Å². The smallest absolute Gasteiger partial charge is 0.141 e. The van der Waals surface area contributed by atoms with Crippen LogP contribution < -0.4 is 5.32 Å². The quantitative estimate of drug-likeness (QED) is 0.596. The summed E-state index contributed by atoms with van der Waals surface area (Å²) in [5, 5.41) is 14.2. The van der Waals surface area contributed by atoms with Crippen LogP contribution in [0.4, 0.5) is 0 Å². The normalized spacial score (nSPS) is 12.4. The van der Waals surface area contributed by atoms with E-state index in [9.17, 15) is 5.11 Å². The minimum Gasteiger partial charge on any atom is -0.506 e. The second-order valence-corrected chi connectivity index (χ2v) is 5.25. The third-order valence-corrected chi connectivity index (χ3v) is 3.45. The van der Waals surface area contributed by atoms with Gasteiger partial charge in [-0.15, -0.1) is 6.58 Å². The molecule has 3 nitrogen and oxygen atoms in total.